The van der Waals surface area contributed by atoms with Crippen LogP contribution in [-0.2, 0) is 6.54 Å². The smallest absolute Gasteiger partial charge is 0.253 e. The molecule has 0 radical (unpaired) electrons. The van der Waals surface area contributed by atoms with Crippen LogP contribution < -0.4 is 11.1 Å². The highest BCUT2D eigenvalue weighted by Crippen LogP contribution is 2.21. The minimum Gasteiger partial charge on any atom is -0.397 e. The first kappa shape index (κ1) is 14.8. The van der Waals surface area contributed by atoms with Crippen molar-refractivity contribution < 1.29 is 4.79 Å². The number of aryl methyl sites for hydroxylation is 1. The summed E-state index contributed by atoms with van der Waals surface area (Å²) >= 11 is 0. The number of nitrogens with two attached hydrogens (primary N) is 1. The number of hydrogen-bond acceptors (Lipinski definition) is 4. The number of carbonyl (C=O) groups is 1. The van der Waals surface area contributed by atoms with Gasteiger partial charge in [0.1, 0.15) is 0 Å². The standard InChI is InChI=1S/C16H20N4O/c1-11-4-5-12(9-18-11)10-19-15-7-6-13(8-14(15)17)16(21)20(2)3/h4-9,19H,10,17H2,1-3H3. The summed E-state index contributed by atoms with van der Waals surface area (Å²) in [5.41, 5.74) is 10.0. The van der Waals surface area contributed by atoms with Gasteiger partial charge in [-0.05, 0) is 36.8 Å². The van der Waals surface area contributed by atoms with E-state index in [0.717, 1.165) is 16.9 Å². The molecule has 3 N–H and O–H groups in total. The van der Waals surface area contributed by atoms with Crippen LogP contribution in [0.4, 0.5) is 11.4 Å². The van der Waals surface area contributed by atoms with Crippen molar-refractivity contribution in [1.82, 2.24) is 9.88 Å². The van der Waals surface area contributed by atoms with Gasteiger partial charge in [-0.1, -0.05) is 6.07 Å². The van der Waals surface area contributed by atoms with Gasteiger partial charge in [-0.3, -0.25) is 9.78 Å². The van der Waals surface area contributed by atoms with Crippen LogP contribution in [0.5, 0.6) is 0 Å². The van der Waals surface area contributed by atoms with Crippen LogP contribution >= 0.6 is 0 Å². The molecule has 0 aliphatic heterocycles. The average molecular weight is 284 g/mol. The van der Waals surface area contributed by atoms with Crippen molar-refractivity contribution in [2.24, 2.45) is 0 Å². The number of benzene rings is 1. The number of rotatable bonds is 4. The van der Waals surface area contributed by atoms with Crippen molar-refractivity contribution in [2.45, 2.75) is 13.5 Å². The quantitative estimate of drug-likeness (QED) is 0.845. The summed E-state index contributed by atoms with van der Waals surface area (Å²) < 4.78 is 0. The maximum atomic E-state index is 11.9. The number of aromatic nitrogens is 1. The molecule has 5 heteroatoms. The number of nitrogens with zero attached hydrogens (tertiary/aromatic N) is 2. The normalized spacial score (nSPS) is 10.2. The van der Waals surface area contributed by atoms with E-state index in [4.69, 9.17) is 5.73 Å². The molecule has 1 aromatic heterocycles. The molecule has 0 unspecified atom stereocenters. The van der Waals surface area contributed by atoms with Gasteiger partial charge in [0, 0.05) is 38.1 Å². The van der Waals surface area contributed by atoms with E-state index in [9.17, 15) is 4.79 Å². The first-order valence-corrected chi connectivity index (χ1v) is 6.74. The van der Waals surface area contributed by atoms with E-state index < -0.39 is 0 Å². The number of anilines is 2. The maximum absolute atomic E-state index is 11.9. The Labute approximate surface area is 124 Å². The SMILES string of the molecule is Cc1ccc(CNc2ccc(C(=O)N(C)C)cc2N)cn1. The van der Waals surface area contributed by atoms with Crippen molar-refractivity contribution in [2.75, 3.05) is 25.1 Å². The molecule has 5 nitrogen and oxygen atoms in total. The zero-order valence-corrected chi connectivity index (χ0v) is 12.6. The lowest BCUT2D eigenvalue weighted by Gasteiger charge is -2.13. The van der Waals surface area contributed by atoms with Crippen molar-refractivity contribution in [3.63, 3.8) is 0 Å². The topological polar surface area (TPSA) is 71.2 Å². The predicted octanol–water partition coefficient (Wildman–Crippen LogP) is 2.29. The molecule has 21 heavy (non-hydrogen) atoms. The summed E-state index contributed by atoms with van der Waals surface area (Å²) in [6.07, 6.45) is 1.84. The molecule has 0 saturated carbocycles. The second kappa shape index (κ2) is 6.26. The fourth-order valence-electron chi connectivity index (χ4n) is 1.92. The molecular formula is C16H20N4O. The van der Waals surface area contributed by atoms with Crippen molar-refractivity contribution >= 4 is 17.3 Å². The van der Waals surface area contributed by atoms with Crippen LogP contribution in [0.1, 0.15) is 21.6 Å². The molecule has 110 valence electrons. The summed E-state index contributed by atoms with van der Waals surface area (Å²) in [4.78, 5) is 17.6. The van der Waals surface area contributed by atoms with E-state index in [1.807, 2.05) is 31.3 Å². The second-order valence-corrected chi connectivity index (χ2v) is 5.16. The molecule has 1 aromatic carbocycles. The molecule has 0 aliphatic carbocycles. The fraction of sp³-hybridized carbons (Fsp3) is 0.250. The van der Waals surface area contributed by atoms with Gasteiger partial charge in [-0.15, -0.1) is 0 Å². The summed E-state index contributed by atoms with van der Waals surface area (Å²) in [6, 6.07) is 9.29. The molecule has 0 atom stereocenters. The molecule has 0 spiro atoms. The van der Waals surface area contributed by atoms with E-state index in [-0.39, 0.29) is 5.91 Å². The molecule has 2 aromatic rings. The van der Waals surface area contributed by atoms with E-state index >= 15 is 0 Å². The Morgan fingerprint density at radius 2 is 2.05 bits per heavy atom. The number of hydrogen-bond donors (Lipinski definition) is 2. The summed E-state index contributed by atoms with van der Waals surface area (Å²) in [5, 5.41) is 3.25. The maximum Gasteiger partial charge on any atom is 0.253 e. The van der Waals surface area contributed by atoms with Gasteiger partial charge >= 0.3 is 0 Å². The summed E-state index contributed by atoms with van der Waals surface area (Å²) in [7, 11) is 3.43. The van der Waals surface area contributed by atoms with Gasteiger partial charge in [0.25, 0.3) is 5.91 Å². The highest BCUT2D eigenvalue weighted by molar-refractivity contribution is 5.95. The Balaban J connectivity index is 2.07. The van der Waals surface area contributed by atoms with Crippen LogP contribution in [0.2, 0.25) is 0 Å². The van der Waals surface area contributed by atoms with Gasteiger partial charge in [0.05, 0.1) is 11.4 Å². The second-order valence-electron chi connectivity index (χ2n) is 5.16. The van der Waals surface area contributed by atoms with Crippen LogP contribution in [-0.4, -0.2) is 29.9 Å². The first-order valence-electron chi connectivity index (χ1n) is 6.74. The van der Waals surface area contributed by atoms with E-state index in [1.165, 1.54) is 4.90 Å². The molecule has 1 heterocycles. The third kappa shape index (κ3) is 3.72. The summed E-state index contributed by atoms with van der Waals surface area (Å²) in [6.45, 7) is 2.59. The average Bonchev–Trinajstić information content (AvgIpc) is 2.46. The van der Waals surface area contributed by atoms with Crippen LogP contribution in [0.3, 0.4) is 0 Å². The number of carbonyl (C=O) groups excluding carboxylic acids is 1. The Morgan fingerprint density at radius 1 is 1.29 bits per heavy atom. The minimum atomic E-state index is -0.0593. The number of nitrogens with one attached hydrogen (secondary N) is 1. The van der Waals surface area contributed by atoms with Gasteiger partial charge < -0.3 is 16.0 Å². The Hall–Kier alpha value is -2.56. The zero-order valence-electron chi connectivity index (χ0n) is 12.6. The largest absolute Gasteiger partial charge is 0.397 e. The van der Waals surface area contributed by atoms with E-state index in [2.05, 4.69) is 10.3 Å². The highest BCUT2D eigenvalue weighted by atomic mass is 16.2. The Kier molecular flexibility index (Phi) is 4.42. The zero-order chi connectivity index (χ0) is 15.4. The first-order chi connectivity index (χ1) is 9.97. The lowest BCUT2D eigenvalue weighted by Crippen LogP contribution is -2.21. The lowest BCUT2D eigenvalue weighted by atomic mass is 10.1. The van der Waals surface area contributed by atoms with E-state index in [1.54, 1.807) is 26.2 Å². The van der Waals surface area contributed by atoms with Gasteiger partial charge in [0.15, 0.2) is 0 Å². The van der Waals surface area contributed by atoms with Crippen LogP contribution in [0.25, 0.3) is 0 Å². The fourth-order valence-corrected chi connectivity index (χ4v) is 1.92. The minimum absolute atomic E-state index is 0.0593. The molecule has 2 rings (SSSR count). The highest BCUT2D eigenvalue weighted by Gasteiger charge is 2.09. The molecule has 1 amide bonds. The Bertz CT molecular complexity index is 635. The Morgan fingerprint density at radius 3 is 2.62 bits per heavy atom. The predicted molar refractivity (Wildman–Crippen MR) is 85.2 cm³/mol. The van der Waals surface area contributed by atoms with Gasteiger partial charge in [-0.2, -0.15) is 0 Å². The number of nitrogen functional groups attached to an aromatic ring is 1. The molecule has 0 bridgehead atoms. The van der Waals surface area contributed by atoms with Gasteiger partial charge in [-0.25, -0.2) is 0 Å². The van der Waals surface area contributed by atoms with Crippen LogP contribution in [0, 0.1) is 6.92 Å². The summed E-state index contributed by atoms with van der Waals surface area (Å²) in [5.74, 6) is -0.0593. The molecule has 0 aliphatic rings. The van der Waals surface area contributed by atoms with E-state index in [0.29, 0.717) is 17.8 Å². The monoisotopic (exact) mass is 284 g/mol. The number of amides is 1. The van der Waals surface area contributed by atoms with Crippen molar-refractivity contribution in [1.29, 1.82) is 0 Å². The van der Waals surface area contributed by atoms with Gasteiger partial charge in [0.2, 0.25) is 0 Å². The number of pyridine rings is 1. The molecular weight excluding hydrogens is 264 g/mol. The third-order valence-corrected chi connectivity index (χ3v) is 3.16. The van der Waals surface area contributed by atoms with Crippen LogP contribution in [0.15, 0.2) is 36.5 Å². The van der Waals surface area contributed by atoms with Crippen molar-refractivity contribution in [3.8, 4) is 0 Å². The molecule has 0 saturated heterocycles. The third-order valence-electron chi connectivity index (χ3n) is 3.16. The van der Waals surface area contributed by atoms with Crippen molar-refractivity contribution in [3.05, 3.63) is 53.3 Å². The lowest BCUT2D eigenvalue weighted by molar-refractivity contribution is 0.0827. The molecule has 0 fully saturated rings.